The lowest BCUT2D eigenvalue weighted by atomic mass is 10.1. The highest BCUT2D eigenvalue weighted by Crippen LogP contribution is 2.31. The molecule has 0 radical (unpaired) electrons. The van der Waals surface area contributed by atoms with Gasteiger partial charge in [-0.15, -0.1) is 0 Å². The van der Waals surface area contributed by atoms with Gasteiger partial charge < -0.3 is 14.8 Å². The van der Waals surface area contributed by atoms with Crippen molar-refractivity contribution in [3.05, 3.63) is 48.2 Å². The van der Waals surface area contributed by atoms with Crippen LogP contribution in [0, 0.1) is 0 Å². The summed E-state index contributed by atoms with van der Waals surface area (Å²) in [7, 11) is 0. The zero-order valence-electron chi connectivity index (χ0n) is 12.5. The molecule has 6 nitrogen and oxygen atoms in total. The van der Waals surface area contributed by atoms with Gasteiger partial charge in [0, 0.05) is 24.6 Å². The van der Waals surface area contributed by atoms with Crippen LogP contribution in [0.25, 0.3) is 0 Å². The van der Waals surface area contributed by atoms with Crippen LogP contribution in [0.1, 0.15) is 23.2 Å². The first-order valence-electron chi connectivity index (χ1n) is 7.36. The van der Waals surface area contributed by atoms with Crippen LogP contribution in [-0.2, 0) is 4.79 Å². The molecule has 118 valence electrons. The molecule has 1 amide bonds. The fraction of sp³-hybridized carbons (Fsp3) is 0.235. The predicted molar refractivity (Wildman–Crippen MR) is 83.9 cm³/mol. The fourth-order valence-electron chi connectivity index (χ4n) is 2.23. The second-order valence-corrected chi connectivity index (χ2v) is 5.04. The van der Waals surface area contributed by atoms with E-state index in [4.69, 9.17) is 9.47 Å². The van der Waals surface area contributed by atoms with Crippen molar-refractivity contribution in [3.8, 4) is 11.5 Å². The van der Waals surface area contributed by atoms with Gasteiger partial charge in [-0.2, -0.15) is 0 Å². The van der Waals surface area contributed by atoms with E-state index in [0.29, 0.717) is 36.1 Å². The van der Waals surface area contributed by atoms with Gasteiger partial charge in [-0.1, -0.05) is 6.07 Å². The molecule has 1 aromatic heterocycles. The van der Waals surface area contributed by atoms with Gasteiger partial charge in [-0.05, 0) is 30.3 Å². The van der Waals surface area contributed by atoms with Crippen LogP contribution in [0.15, 0.2) is 42.6 Å². The lowest BCUT2D eigenvalue weighted by Crippen LogP contribution is -2.16. The van der Waals surface area contributed by atoms with Gasteiger partial charge in [-0.25, -0.2) is 4.98 Å². The second-order valence-electron chi connectivity index (χ2n) is 5.04. The number of fused-ring (bicyclic) bond motifs is 1. The van der Waals surface area contributed by atoms with Crippen molar-refractivity contribution in [1.29, 1.82) is 0 Å². The first-order chi connectivity index (χ1) is 11.2. The molecular weight excluding hydrogens is 296 g/mol. The molecule has 0 spiro atoms. The van der Waals surface area contributed by atoms with Crippen LogP contribution in [0.2, 0.25) is 0 Å². The number of ketones is 1. The van der Waals surface area contributed by atoms with E-state index in [9.17, 15) is 9.59 Å². The Morgan fingerprint density at radius 2 is 1.87 bits per heavy atom. The number of Topliss-reactive ketones (excluding diaryl/α,β-unsaturated/α-hetero) is 1. The molecule has 0 unspecified atom stereocenters. The summed E-state index contributed by atoms with van der Waals surface area (Å²) < 4.78 is 10.9. The maximum atomic E-state index is 12.2. The summed E-state index contributed by atoms with van der Waals surface area (Å²) in [6.45, 7) is 0.977. The van der Waals surface area contributed by atoms with Crippen molar-refractivity contribution in [2.45, 2.75) is 12.8 Å². The average Bonchev–Trinajstić information content (AvgIpc) is 2.60. The highest BCUT2D eigenvalue weighted by molar-refractivity contribution is 6.00. The van der Waals surface area contributed by atoms with E-state index in [0.717, 1.165) is 0 Å². The Hall–Kier alpha value is -2.89. The third-order valence-corrected chi connectivity index (χ3v) is 3.38. The second kappa shape index (κ2) is 6.91. The summed E-state index contributed by atoms with van der Waals surface area (Å²) in [5.74, 6) is 1.33. The van der Waals surface area contributed by atoms with Gasteiger partial charge >= 0.3 is 0 Å². The highest BCUT2D eigenvalue weighted by atomic mass is 16.6. The molecule has 0 fully saturated rings. The van der Waals surface area contributed by atoms with Crippen LogP contribution in [0.3, 0.4) is 0 Å². The smallest absolute Gasteiger partial charge is 0.225 e. The van der Waals surface area contributed by atoms with Crippen LogP contribution < -0.4 is 14.8 Å². The number of nitrogens with zero attached hydrogens (tertiary/aromatic N) is 1. The minimum atomic E-state index is -0.241. The number of benzene rings is 1. The SMILES string of the molecule is O=C(CCC(=O)c1ccc2c(c1)OCCO2)Nc1ccccn1. The van der Waals surface area contributed by atoms with Crippen molar-refractivity contribution in [2.75, 3.05) is 18.5 Å². The molecule has 1 aliphatic heterocycles. The van der Waals surface area contributed by atoms with Gasteiger partial charge in [0.2, 0.25) is 5.91 Å². The number of ether oxygens (including phenoxy) is 2. The number of amides is 1. The average molecular weight is 312 g/mol. The number of hydrogen-bond donors (Lipinski definition) is 1. The summed E-state index contributed by atoms with van der Waals surface area (Å²) in [6.07, 6.45) is 1.82. The van der Waals surface area contributed by atoms with E-state index in [-0.39, 0.29) is 24.5 Å². The van der Waals surface area contributed by atoms with Crippen molar-refractivity contribution in [2.24, 2.45) is 0 Å². The summed E-state index contributed by atoms with van der Waals surface area (Å²) in [6, 6.07) is 10.3. The zero-order chi connectivity index (χ0) is 16.1. The quantitative estimate of drug-likeness (QED) is 0.858. The minimum absolute atomic E-state index is 0.101. The van der Waals surface area contributed by atoms with Gasteiger partial charge in [0.05, 0.1) is 0 Å². The van der Waals surface area contributed by atoms with E-state index in [1.165, 1.54) is 0 Å². The molecule has 0 saturated heterocycles. The number of carbonyl (C=O) groups is 2. The number of rotatable bonds is 5. The Morgan fingerprint density at radius 1 is 1.04 bits per heavy atom. The Morgan fingerprint density at radius 3 is 2.65 bits per heavy atom. The largest absolute Gasteiger partial charge is 0.486 e. The zero-order valence-corrected chi connectivity index (χ0v) is 12.5. The maximum Gasteiger partial charge on any atom is 0.225 e. The Bertz CT molecular complexity index is 716. The van der Waals surface area contributed by atoms with Crippen LogP contribution >= 0.6 is 0 Å². The molecule has 0 bridgehead atoms. The number of hydrogen-bond acceptors (Lipinski definition) is 5. The Labute approximate surface area is 133 Å². The third-order valence-electron chi connectivity index (χ3n) is 3.38. The van der Waals surface area contributed by atoms with Gasteiger partial charge in [0.15, 0.2) is 17.3 Å². The molecule has 23 heavy (non-hydrogen) atoms. The first-order valence-corrected chi connectivity index (χ1v) is 7.36. The van der Waals surface area contributed by atoms with Crippen LogP contribution in [0.4, 0.5) is 5.82 Å². The summed E-state index contributed by atoms with van der Waals surface area (Å²) >= 11 is 0. The molecule has 3 rings (SSSR count). The van der Waals surface area contributed by atoms with E-state index >= 15 is 0 Å². The van der Waals surface area contributed by atoms with Crippen molar-refractivity contribution in [3.63, 3.8) is 0 Å². The summed E-state index contributed by atoms with van der Waals surface area (Å²) in [5.41, 5.74) is 0.514. The van der Waals surface area contributed by atoms with Gasteiger partial charge in [-0.3, -0.25) is 9.59 Å². The van der Waals surface area contributed by atoms with Crippen molar-refractivity contribution >= 4 is 17.5 Å². The lowest BCUT2D eigenvalue weighted by molar-refractivity contribution is -0.116. The van der Waals surface area contributed by atoms with E-state index in [1.807, 2.05) is 0 Å². The predicted octanol–water partition coefficient (Wildman–Crippen LogP) is 2.45. The monoisotopic (exact) mass is 312 g/mol. The maximum absolute atomic E-state index is 12.2. The van der Waals surface area contributed by atoms with Gasteiger partial charge in [0.1, 0.15) is 19.0 Å². The molecule has 0 atom stereocenters. The Balaban J connectivity index is 1.56. The van der Waals surface area contributed by atoms with Crippen LogP contribution in [-0.4, -0.2) is 29.9 Å². The molecule has 1 aromatic carbocycles. The van der Waals surface area contributed by atoms with Gasteiger partial charge in [0.25, 0.3) is 0 Å². The van der Waals surface area contributed by atoms with Crippen molar-refractivity contribution < 1.29 is 19.1 Å². The number of anilines is 1. The summed E-state index contributed by atoms with van der Waals surface area (Å²) in [4.78, 5) is 28.0. The Kier molecular flexibility index (Phi) is 4.52. The third kappa shape index (κ3) is 3.85. The molecular formula is C17H16N2O4. The topological polar surface area (TPSA) is 77.5 Å². The molecule has 2 aromatic rings. The fourth-order valence-corrected chi connectivity index (χ4v) is 2.23. The normalized spacial score (nSPS) is 12.5. The minimum Gasteiger partial charge on any atom is -0.486 e. The highest BCUT2D eigenvalue weighted by Gasteiger charge is 2.15. The number of nitrogens with one attached hydrogen (secondary N) is 1. The molecule has 0 aliphatic carbocycles. The van der Waals surface area contributed by atoms with Crippen molar-refractivity contribution in [1.82, 2.24) is 4.98 Å². The number of aromatic nitrogens is 1. The number of carbonyl (C=O) groups excluding carboxylic acids is 2. The molecule has 1 N–H and O–H groups in total. The molecule has 2 heterocycles. The first kappa shape index (κ1) is 15.0. The summed E-state index contributed by atoms with van der Waals surface area (Å²) in [5, 5.41) is 2.65. The molecule has 0 saturated carbocycles. The number of pyridine rings is 1. The van der Waals surface area contributed by atoms with Crippen LogP contribution in [0.5, 0.6) is 11.5 Å². The molecule has 6 heteroatoms. The van der Waals surface area contributed by atoms with E-state index in [2.05, 4.69) is 10.3 Å². The lowest BCUT2D eigenvalue weighted by Gasteiger charge is -2.18. The van der Waals surface area contributed by atoms with E-state index in [1.54, 1.807) is 42.6 Å². The van der Waals surface area contributed by atoms with E-state index < -0.39 is 0 Å². The standard InChI is InChI=1S/C17H16N2O4/c20-13(5-7-17(21)19-16-3-1-2-8-18-16)12-4-6-14-15(11-12)23-10-9-22-14/h1-4,6,8,11H,5,7,9-10H2,(H,18,19,21). The molecule has 1 aliphatic rings.